The van der Waals surface area contributed by atoms with Gasteiger partial charge in [0.05, 0.1) is 13.2 Å². The van der Waals surface area contributed by atoms with Gasteiger partial charge in [0.25, 0.3) is 0 Å². The molecule has 0 spiro atoms. The molecule has 1 aromatic carbocycles. The van der Waals surface area contributed by atoms with Gasteiger partial charge in [-0.25, -0.2) is 4.79 Å². The number of unbranched alkanes of at least 4 members (excludes halogenated alkanes) is 1. The van der Waals surface area contributed by atoms with Gasteiger partial charge < -0.3 is 52.1 Å². The lowest BCUT2D eigenvalue weighted by atomic mass is 10.0. The standard InChI is InChI=1S/C28H41N5O12/c1-3-4-5-18(24(40)31-19(28(44)45)10-11-23(38)39)30-27(43)22(14-35)33-25(41)20(12-16-6-8-17(37)9-7-16)32-26(42)21(13-34)29-15(2)36/h6-9,18-22,34-35,37H,3-5,10-14H2,1-2H3,(H,29,36)(H,30,43)(H,31,40)(H,32,42)(H,33,41)(H,38,39)(H,44,45)/t18-,19-,20-,21-,22-/m0/s1. The number of amides is 5. The molecule has 250 valence electrons. The van der Waals surface area contributed by atoms with Crippen molar-refractivity contribution in [1.29, 1.82) is 0 Å². The zero-order valence-electron chi connectivity index (χ0n) is 24.9. The van der Waals surface area contributed by atoms with Crippen molar-refractivity contribution in [3.05, 3.63) is 29.8 Å². The number of hydrogen-bond acceptors (Lipinski definition) is 10. The van der Waals surface area contributed by atoms with Crippen LogP contribution in [-0.2, 0) is 40.0 Å². The van der Waals surface area contributed by atoms with E-state index in [0.717, 1.165) is 6.92 Å². The minimum absolute atomic E-state index is 0.0523. The molecule has 0 aliphatic rings. The van der Waals surface area contributed by atoms with Crippen LogP contribution in [0.15, 0.2) is 24.3 Å². The summed E-state index contributed by atoms with van der Waals surface area (Å²) in [7, 11) is 0. The maximum atomic E-state index is 13.3. The van der Waals surface area contributed by atoms with Crippen molar-refractivity contribution in [2.75, 3.05) is 13.2 Å². The smallest absolute Gasteiger partial charge is 0.326 e. The largest absolute Gasteiger partial charge is 0.508 e. The van der Waals surface area contributed by atoms with E-state index in [0.29, 0.717) is 18.4 Å². The fourth-order valence-electron chi connectivity index (χ4n) is 4.00. The van der Waals surface area contributed by atoms with E-state index >= 15 is 0 Å². The molecule has 0 aromatic heterocycles. The minimum Gasteiger partial charge on any atom is -0.508 e. The van der Waals surface area contributed by atoms with Crippen LogP contribution in [0, 0.1) is 0 Å². The maximum Gasteiger partial charge on any atom is 0.326 e. The van der Waals surface area contributed by atoms with Gasteiger partial charge in [-0.3, -0.25) is 28.8 Å². The summed E-state index contributed by atoms with van der Waals surface area (Å²) in [5.74, 6) is -7.25. The quantitative estimate of drug-likeness (QED) is 0.0709. The second-order valence-electron chi connectivity index (χ2n) is 10.1. The van der Waals surface area contributed by atoms with E-state index in [1.807, 2.05) is 0 Å². The molecule has 0 aliphatic heterocycles. The van der Waals surface area contributed by atoms with Gasteiger partial charge in [0.15, 0.2) is 0 Å². The number of phenols is 1. The molecule has 17 nitrogen and oxygen atoms in total. The van der Waals surface area contributed by atoms with Crippen LogP contribution < -0.4 is 26.6 Å². The van der Waals surface area contributed by atoms with Gasteiger partial charge >= 0.3 is 11.9 Å². The first-order chi connectivity index (χ1) is 21.2. The maximum absolute atomic E-state index is 13.3. The number of carboxylic acid groups (broad SMARTS) is 2. The molecule has 1 aromatic rings. The topological polar surface area (TPSA) is 281 Å². The number of benzene rings is 1. The molecule has 0 bridgehead atoms. The zero-order chi connectivity index (χ0) is 34.1. The minimum atomic E-state index is -1.64. The summed E-state index contributed by atoms with van der Waals surface area (Å²) in [6, 6.07) is -1.70. The van der Waals surface area contributed by atoms with Gasteiger partial charge in [0.2, 0.25) is 29.5 Å². The third kappa shape index (κ3) is 14.0. The summed E-state index contributed by atoms with van der Waals surface area (Å²) in [5.41, 5.74) is 0.463. The molecule has 5 atom stereocenters. The number of aliphatic hydroxyl groups excluding tert-OH is 2. The normalized spacial score (nSPS) is 14.0. The van der Waals surface area contributed by atoms with Gasteiger partial charge in [0, 0.05) is 19.8 Å². The van der Waals surface area contributed by atoms with E-state index in [9.17, 15) is 54.0 Å². The fraction of sp³-hybridized carbons (Fsp3) is 0.536. The number of rotatable bonds is 20. The van der Waals surface area contributed by atoms with Crippen LogP contribution in [0.3, 0.4) is 0 Å². The van der Waals surface area contributed by atoms with E-state index in [-0.39, 0.29) is 18.6 Å². The van der Waals surface area contributed by atoms with Crippen LogP contribution in [0.2, 0.25) is 0 Å². The summed E-state index contributed by atoms with van der Waals surface area (Å²) in [6.07, 6.45) is -0.0580. The number of hydrogen-bond donors (Lipinski definition) is 10. The van der Waals surface area contributed by atoms with E-state index in [1.54, 1.807) is 6.92 Å². The van der Waals surface area contributed by atoms with Crippen LogP contribution in [0.25, 0.3) is 0 Å². The fourth-order valence-corrected chi connectivity index (χ4v) is 4.00. The molecule has 0 saturated carbocycles. The van der Waals surface area contributed by atoms with E-state index in [2.05, 4.69) is 26.6 Å². The van der Waals surface area contributed by atoms with Crippen molar-refractivity contribution >= 4 is 41.5 Å². The van der Waals surface area contributed by atoms with Gasteiger partial charge in [0.1, 0.15) is 36.0 Å². The van der Waals surface area contributed by atoms with Crippen molar-refractivity contribution in [3.8, 4) is 5.75 Å². The molecule has 5 amide bonds. The van der Waals surface area contributed by atoms with Crippen molar-refractivity contribution < 1.29 is 59.1 Å². The lowest BCUT2D eigenvalue weighted by Gasteiger charge is -2.26. The Balaban J connectivity index is 3.14. The Labute approximate surface area is 258 Å². The highest BCUT2D eigenvalue weighted by molar-refractivity contribution is 5.96. The van der Waals surface area contributed by atoms with E-state index in [1.165, 1.54) is 24.3 Å². The number of phenolic OH excluding ortho intramolecular Hbond substituents is 1. The lowest BCUT2D eigenvalue weighted by molar-refractivity contribution is -0.143. The summed E-state index contributed by atoms with van der Waals surface area (Å²) in [4.78, 5) is 85.8. The molecule has 0 fully saturated rings. The predicted octanol–water partition coefficient (Wildman–Crippen LogP) is -2.50. The monoisotopic (exact) mass is 639 g/mol. The second kappa shape index (κ2) is 19.5. The van der Waals surface area contributed by atoms with Crippen molar-refractivity contribution in [2.24, 2.45) is 0 Å². The molecule has 0 heterocycles. The van der Waals surface area contributed by atoms with Gasteiger partial charge in [-0.15, -0.1) is 0 Å². The van der Waals surface area contributed by atoms with Gasteiger partial charge in [-0.1, -0.05) is 31.9 Å². The Morgan fingerprint density at radius 1 is 0.667 bits per heavy atom. The molecule has 17 heteroatoms. The highest BCUT2D eigenvalue weighted by Crippen LogP contribution is 2.12. The lowest BCUT2D eigenvalue weighted by Crippen LogP contribution is -2.60. The molecule has 0 aliphatic carbocycles. The number of nitrogens with one attached hydrogen (secondary N) is 5. The highest BCUT2D eigenvalue weighted by Gasteiger charge is 2.32. The Kier molecular flexibility index (Phi) is 16.6. The summed E-state index contributed by atoms with van der Waals surface area (Å²) in [6.45, 7) is 1.19. The summed E-state index contributed by atoms with van der Waals surface area (Å²) < 4.78 is 0. The first-order valence-corrected chi connectivity index (χ1v) is 14.1. The van der Waals surface area contributed by atoms with Crippen molar-refractivity contribution in [3.63, 3.8) is 0 Å². The number of carbonyl (C=O) groups excluding carboxylic acids is 5. The van der Waals surface area contributed by atoms with Crippen molar-refractivity contribution in [2.45, 2.75) is 82.6 Å². The number of aliphatic hydroxyl groups is 2. The van der Waals surface area contributed by atoms with Gasteiger partial charge in [-0.2, -0.15) is 0 Å². The average Bonchev–Trinajstić information content (AvgIpc) is 2.98. The molecular formula is C28H41N5O12. The first-order valence-electron chi connectivity index (χ1n) is 14.1. The van der Waals surface area contributed by atoms with Gasteiger partial charge in [-0.05, 0) is 30.5 Å². The molecule has 0 radical (unpaired) electrons. The number of aromatic hydroxyl groups is 1. The Bertz CT molecular complexity index is 1190. The predicted molar refractivity (Wildman–Crippen MR) is 155 cm³/mol. The number of carboxylic acids is 2. The molecule has 0 unspecified atom stereocenters. The molecule has 10 N–H and O–H groups in total. The van der Waals surface area contributed by atoms with Crippen LogP contribution in [-0.4, -0.2) is 110 Å². The van der Waals surface area contributed by atoms with E-state index in [4.69, 9.17) is 5.11 Å². The van der Waals surface area contributed by atoms with Crippen LogP contribution >= 0.6 is 0 Å². The van der Waals surface area contributed by atoms with Crippen molar-refractivity contribution in [1.82, 2.24) is 26.6 Å². The Morgan fingerprint density at radius 3 is 1.62 bits per heavy atom. The Morgan fingerprint density at radius 2 is 1.13 bits per heavy atom. The SMILES string of the molecule is CCCC[C@H](NC(=O)[C@H](CO)NC(=O)[C@H](Cc1ccc(O)cc1)NC(=O)[C@H](CO)NC(C)=O)C(=O)N[C@@H](CCC(=O)O)C(=O)O. The summed E-state index contributed by atoms with van der Waals surface area (Å²) in [5, 5.41) is 58.7. The third-order valence-electron chi connectivity index (χ3n) is 6.44. The number of aliphatic carboxylic acids is 2. The van der Waals surface area contributed by atoms with Crippen LogP contribution in [0.1, 0.15) is 51.5 Å². The zero-order valence-corrected chi connectivity index (χ0v) is 24.9. The second-order valence-corrected chi connectivity index (χ2v) is 10.1. The Hall–Kier alpha value is -4.77. The third-order valence-corrected chi connectivity index (χ3v) is 6.44. The molecule has 1 rings (SSSR count). The first kappa shape index (κ1) is 38.3. The summed E-state index contributed by atoms with van der Waals surface area (Å²) >= 11 is 0. The highest BCUT2D eigenvalue weighted by atomic mass is 16.4. The van der Waals surface area contributed by atoms with E-state index < -0.39 is 97.7 Å². The number of carbonyl (C=O) groups is 7. The van der Waals surface area contributed by atoms with Crippen LogP contribution in [0.4, 0.5) is 0 Å². The molecule has 0 saturated heterocycles. The average molecular weight is 640 g/mol. The molecule has 45 heavy (non-hydrogen) atoms. The molecular weight excluding hydrogens is 598 g/mol. The van der Waals surface area contributed by atoms with Crippen LogP contribution in [0.5, 0.6) is 5.75 Å².